The van der Waals surface area contributed by atoms with Crippen molar-refractivity contribution in [1.82, 2.24) is 4.90 Å². The van der Waals surface area contributed by atoms with E-state index in [-0.39, 0.29) is 17.9 Å². The van der Waals surface area contributed by atoms with Gasteiger partial charge < -0.3 is 14.6 Å². The van der Waals surface area contributed by atoms with E-state index in [1.165, 1.54) is 0 Å². The summed E-state index contributed by atoms with van der Waals surface area (Å²) >= 11 is 0. The third kappa shape index (κ3) is 4.14. The number of benzene rings is 2. The fourth-order valence-electron chi connectivity index (χ4n) is 3.10. The highest BCUT2D eigenvalue weighted by Crippen LogP contribution is 2.25. The molecule has 1 heterocycles. The topological polar surface area (TPSA) is 62.6 Å². The SMILES string of the molecule is Cc1cc(C(=O)N(C)[C@@H](C)c2cccc(NC(=O)c3ccccc3)c2)c(C)o1. The van der Waals surface area contributed by atoms with Gasteiger partial charge in [-0.1, -0.05) is 30.3 Å². The largest absolute Gasteiger partial charge is 0.466 e. The van der Waals surface area contributed by atoms with Gasteiger partial charge in [-0.15, -0.1) is 0 Å². The van der Waals surface area contributed by atoms with E-state index >= 15 is 0 Å². The predicted octanol–water partition coefficient (Wildman–Crippen LogP) is 4.98. The van der Waals surface area contributed by atoms with Crippen molar-refractivity contribution < 1.29 is 14.0 Å². The molecule has 144 valence electrons. The van der Waals surface area contributed by atoms with Crippen LogP contribution in [0.3, 0.4) is 0 Å². The van der Waals surface area contributed by atoms with Gasteiger partial charge in [-0.3, -0.25) is 9.59 Å². The Labute approximate surface area is 165 Å². The summed E-state index contributed by atoms with van der Waals surface area (Å²) in [6.45, 7) is 5.57. The van der Waals surface area contributed by atoms with E-state index in [0.29, 0.717) is 28.3 Å². The lowest BCUT2D eigenvalue weighted by atomic mass is 10.1. The van der Waals surface area contributed by atoms with Gasteiger partial charge in [-0.25, -0.2) is 0 Å². The van der Waals surface area contributed by atoms with Crippen LogP contribution in [0.5, 0.6) is 0 Å². The highest BCUT2D eigenvalue weighted by Gasteiger charge is 2.22. The van der Waals surface area contributed by atoms with Crippen molar-refractivity contribution in [2.24, 2.45) is 0 Å². The predicted molar refractivity (Wildman–Crippen MR) is 110 cm³/mol. The van der Waals surface area contributed by atoms with Gasteiger partial charge in [-0.05, 0) is 56.7 Å². The number of nitrogens with one attached hydrogen (secondary N) is 1. The molecule has 2 aromatic carbocycles. The Balaban J connectivity index is 1.76. The van der Waals surface area contributed by atoms with Gasteiger partial charge in [0.05, 0.1) is 11.6 Å². The highest BCUT2D eigenvalue weighted by molar-refractivity contribution is 6.04. The Bertz CT molecular complexity index is 992. The molecule has 0 bridgehead atoms. The van der Waals surface area contributed by atoms with E-state index < -0.39 is 0 Å². The Kier molecular flexibility index (Phi) is 5.64. The average Bonchev–Trinajstić information content (AvgIpc) is 3.05. The smallest absolute Gasteiger partial charge is 0.257 e. The molecule has 5 nitrogen and oxygen atoms in total. The van der Waals surface area contributed by atoms with Crippen molar-refractivity contribution in [3.63, 3.8) is 0 Å². The number of furan rings is 1. The summed E-state index contributed by atoms with van der Waals surface area (Å²) in [6.07, 6.45) is 0. The van der Waals surface area contributed by atoms with E-state index in [2.05, 4.69) is 5.32 Å². The molecule has 28 heavy (non-hydrogen) atoms. The van der Waals surface area contributed by atoms with Gasteiger partial charge in [0, 0.05) is 18.3 Å². The third-order valence-electron chi connectivity index (χ3n) is 4.84. The van der Waals surface area contributed by atoms with Crippen molar-refractivity contribution in [3.8, 4) is 0 Å². The first-order valence-electron chi connectivity index (χ1n) is 9.17. The van der Waals surface area contributed by atoms with Gasteiger partial charge in [0.25, 0.3) is 11.8 Å². The fourth-order valence-corrected chi connectivity index (χ4v) is 3.10. The summed E-state index contributed by atoms with van der Waals surface area (Å²) in [4.78, 5) is 26.9. The van der Waals surface area contributed by atoms with Gasteiger partial charge in [0.2, 0.25) is 0 Å². The number of amides is 2. The molecule has 0 fully saturated rings. The molecule has 2 amide bonds. The van der Waals surface area contributed by atoms with Crippen molar-refractivity contribution in [2.45, 2.75) is 26.8 Å². The van der Waals surface area contributed by atoms with Crippen molar-refractivity contribution in [1.29, 1.82) is 0 Å². The molecule has 0 saturated heterocycles. The maximum absolute atomic E-state index is 12.8. The zero-order chi connectivity index (χ0) is 20.3. The number of anilines is 1. The van der Waals surface area contributed by atoms with E-state index in [1.807, 2.05) is 56.3 Å². The summed E-state index contributed by atoms with van der Waals surface area (Å²) in [7, 11) is 1.77. The van der Waals surface area contributed by atoms with Crippen molar-refractivity contribution >= 4 is 17.5 Å². The van der Waals surface area contributed by atoms with Crippen LogP contribution in [0.1, 0.15) is 50.8 Å². The first kappa shape index (κ1) is 19.4. The summed E-state index contributed by atoms with van der Waals surface area (Å²) in [5.74, 6) is 1.07. The quantitative estimate of drug-likeness (QED) is 0.683. The molecular weight excluding hydrogens is 352 g/mol. The maximum Gasteiger partial charge on any atom is 0.257 e. The number of rotatable bonds is 5. The Morgan fingerprint density at radius 1 is 1.00 bits per heavy atom. The highest BCUT2D eigenvalue weighted by atomic mass is 16.3. The van der Waals surface area contributed by atoms with Crippen LogP contribution in [0, 0.1) is 13.8 Å². The summed E-state index contributed by atoms with van der Waals surface area (Å²) in [5.41, 5.74) is 2.79. The fraction of sp³-hybridized carbons (Fsp3) is 0.217. The van der Waals surface area contributed by atoms with E-state index in [4.69, 9.17) is 4.42 Å². The van der Waals surface area contributed by atoms with Crippen LogP contribution in [0.2, 0.25) is 0 Å². The molecule has 0 aliphatic heterocycles. The molecular formula is C23H24N2O3. The normalized spacial score (nSPS) is 11.7. The first-order valence-corrected chi connectivity index (χ1v) is 9.17. The molecule has 5 heteroatoms. The number of nitrogens with zero attached hydrogens (tertiary/aromatic N) is 1. The van der Waals surface area contributed by atoms with Crippen LogP contribution in [0.4, 0.5) is 5.69 Å². The molecule has 0 aliphatic rings. The van der Waals surface area contributed by atoms with Crippen LogP contribution in [-0.2, 0) is 0 Å². The van der Waals surface area contributed by atoms with Crippen LogP contribution >= 0.6 is 0 Å². The van der Waals surface area contributed by atoms with Crippen LogP contribution in [0.15, 0.2) is 65.1 Å². The molecule has 0 radical (unpaired) electrons. The molecule has 0 unspecified atom stereocenters. The number of hydrogen-bond donors (Lipinski definition) is 1. The molecule has 1 aromatic heterocycles. The second-order valence-electron chi connectivity index (χ2n) is 6.86. The lowest BCUT2D eigenvalue weighted by Crippen LogP contribution is -2.29. The minimum atomic E-state index is -0.171. The number of carbonyl (C=O) groups excluding carboxylic acids is 2. The van der Waals surface area contributed by atoms with E-state index in [1.54, 1.807) is 37.1 Å². The third-order valence-corrected chi connectivity index (χ3v) is 4.84. The zero-order valence-electron chi connectivity index (χ0n) is 16.5. The van der Waals surface area contributed by atoms with Gasteiger partial charge in [-0.2, -0.15) is 0 Å². The van der Waals surface area contributed by atoms with Crippen molar-refractivity contribution in [3.05, 3.63) is 88.9 Å². The summed E-state index contributed by atoms with van der Waals surface area (Å²) in [6, 6.07) is 18.2. The minimum Gasteiger partial charge on any atom is -0.466 e. The Hall–Kier alpha value is -3.34. The number of aryl methyl sites for hydroxylation is 2. The minimum absolute atomic E-state index is 0.0967. The van der Waals surface area contributed by atoms with E-state index in [9.17, 15) is 9.59 Å². The van der Waals surface area contributed by atoms with Crippen LogP contribution < -0.4 is 5.32 Å². The lowest BCUT2D eigenvalue weighted by Gasteiger charge is -2.25. The molecule has 1 atom stereocenters. The Morgan fingerprint density at radius 3 is 2.36 bits per heavy atom. The van der Waals surface area contributed by atoms with Crippen molar-refractivity contribution in [2.75, 3.05) is 12.4 Å². The zero-order valence-corrected chi connectivity index (χ0v) is 16.5. The molecule has 0 aliphatic carbocycles. The molecule has 0 spiro atoms. The summed E-state index contributed by atoms with van der Waals surface area (Å²) < 4.78 is 5.48. The maximum atomic E-state index is 12.8. The molecule has 1 N–H and O–H groups in total. The van der Waals surface area contributed by atoms with Crippen LogP contribution in [-0.4, -0.2) is 23.8 Å². The standard InChI is InChI=1S/C23H24N2O3/c1-15-13-21(17(3)28-15)23(27)25(4)16(2)19-11-8-12-20(14-19)24-22(26)18-9-6-5-7-10-18/h5-14,16H,1-4H3,(H,24,26)/t16-/m0/s1. The first-order chi connectivity index (χ1) is 13.4. The lowest BCUT2D eigenvalue weighted by molar-refractivity contribution is 0.0740. The van der Waals surface area contributed by atoms with Gasteiger partial charge >= 0.3 is 0 Å². The number of hydrogen-bond acceptors (Lipinski definition) is 3. The number of carbonyl (C=O) groups is 2. The van der Waals surface area contributed by atoms with Gasteiger partial charge in [0.1, 0.15) is 11.5 Å². The van der Waals surface area contributed by atoms with Gasteiger partial charge in [0.15, 0.2) is 0 Å². The molecule has 3 aromatic rings. The monoisotopic (exact) mass is 376 g/mol. The Morgan fingerprint density at radius 2 is 1.71 bits per heavy atom. The van der Waals surface area contributed by atoms with E-state index in [0.717, 1.165) is 5.56 Å². The molecule has 0 saturated carbocycles. The molecule has 3 rings (SSSR count). The second kappa shape index (κ2) is 8.13. The summed E-state index contributed by atoms with van der Waals surface area (Å²) in [5, 5.41) is 2.91. The average molecular weight is 376 g/mol. The second-order valence-corrected chi connectivity index (χ2v) is 6.86. The van der Waals surface area contributed by atoms with Crippen LogP contribution in [0.25, 0.3) is 0 Å².